The van der Waals surface area contributed by atoms with Crippen molar-refractivity contribution >= 4 is 44.5 Å². The first-order valence-corrected chi connectivity index (χ1v) is 12.1. The van der Waals surface area contributed by atoms with Crippen LogP contribution in [-0.4, -0.2) is 25.4 Å². The largest absolute Gasteiger partial charge is 0.370 e. The van der Waals surface area contributed by atoms with Gasteiger partial charge in [0.1, 0.15) is 9.90 Å². The van der Waals surface area contributed by atoms with Gasteiger partial charge in [0, 0.05) is 42.3 Å². The second-order valence-electron chi connectivity index (χ2n) is 6.82. The minimum atomic E-state index is -3.71. The van der Waals surface area contributed by atoms with E-state index in [1.54, 1.807) is 23.7 Å². The van der Waals surface area contributed by atoms with E-state index in [1.807, 2.05) is 55.6 Å². The fourth-order valence-electron chi connectivity index (χ4n) is 3.05. The molecule has 0 radical (unpaired) electrons. The van der Waals surface area contributed by atoms with Gasteiger partial charge in [0.2, 0.25) is 0 Å². The van der Waals surface area contributed by atoms with Gasteiger partial charge < -0.3 is 4.90 Å². The minimum Gasteiger partial charge on any atom is -0.370 e. The first-order chi connectivity index (χ1) is 14.9. The maximum absolute atomic E-state index is 12.6. The van der Waals surface area contributed by atoms with Crippen molar-refractivity contribution in [2.24, 2.45) is 0 Å². The number of nitrogens with zero attached hydrogens (tertiary/aromatic N) is 3. The van der Waals surface area contributed by atoms with Crippen molar-refractivity contribution in [2.75, 3.05) is 16.7 Å². The summed E-state index contributed by atoms with van der Waals surface area (Å²) in [6.45, 7) is 0.709. The molecule has 4 rings (SSSR count). The molecule has 2 heterocycles. The smallest absolute Gasteiger partial charge is 0.272 e. The van der Waals surface area contributed by atoms with Gasteiger partial charge in [0.15, 0.2) is 5.82 Å². The number of nitrogens with one attached hydrogen (secondary N) is 1. The number of anilines is 2. The Kier molecular flexibility index (Phi) is 6.22. The van der Waals surface area contributed by atoms with Crippen LogP contribution >= 0.6 is 22.9 Å². The van der Waals surface area contributed by atoms with Crippen LogP contribution in [0.15, 0.2) is 82.6 Å². The van der Waals surface area contributed by atoms with Gasteiger partial charge in [-0.15, -0.1) is 11.3 Å². The van der Waals surface area contributed by atoms with Crippen LogP contribution in [0.3, 0.4) is 0 Å². The van der Waals surface area contributed by atoms with E-state index in [0.29, 0.717) is 17.3 Å². The van der Waals surface area contributed by atoms with Crippen molar-refractivity contribution in [1.82, 2.24) is 9.97 Å². The molecule has 0 aliphatic carbocycles. The van der Waals surface area contributed by atoms with E-state index in [4.69, 9.17) is 11.6 Å². The van der Waals surface area contributed by atoms with Crippen LogP contribution < -0.4 is 9.62 Å². The highest BCUT2D eigenvalue weighted by Crippen LogP contribution is 2.27. The highest BCUT2D eigenvalue weighted by Gasteiger charge is 2.19. The van der Waals surface area contributed by atoms with Crippen molar-refractivity contribution in [2.45, 2.75) is 10.8 Å². The minimum absolute atomic E-state index is 0.196. The number of hydrogen-bond acceptors (Lipinski definition) is 6. The first kappa shape index (κ1) is 21.3. The van der Waals surface area contributed by atoms with Crippen molar-refractivity contribution in [3.8, 4) is 11.3 Å². The van der Waals surface area contributed by atoms with Crippen LogP contribution in [0.25, 0.3) is 11.3 Å². The van der Waals surface area contributed by atoms with Crippen LogP contribution in [0, 0.1) is 0 Å². The highest BCUT2D eigenvalue weighted by molar-refractivity contribution is 7.94. The molecule has 4 aromatic rings. The molecule has 0 amide bonds. The third kappa shape index (κ3) is 5.04. The van der Waals surface area contributed by atoms with Crippen molar-refractivity contribution in [3.05, 3.63) is 89.0 Å². The average molecular weight is 471 g/mol. The van der Waals surface area contributed by atoms with Crippen LogP contribution in [0.2, 0.25) is 5.02 Å². The van der Waals surface area contributed by atoms with Crippen LogP contribution in [-0.2, 0) is 16.6 Å². The predicted molar refractivity (Wildman–Crippen MR) is 126 cm³/mol. The lowest BCUT2D eigenvalue weighted by Crippen LogP contribution is -2.16. The summed E-state index contributed by atoms with van der Waals surface area (Å²) in [6, 6.07) is 18.7. The fraction of sp³-hybridized carbons (Fsp3) is 0.0909. The fourth-order valence-corrected chi connectivity index (χ4v) is 5.18. The van der Waals surface area contributed by atoms with Gasteiger partial charge in [0.25, 0.3) is 10.0 Å². The SMILES string of the molecule is CN(Cc1ccc(-c2nccnc2NS(=O)(=O)c2cccs2)cc1)c1ccc(Cl)cc1. The summed E-state index contributed by atoms with van der Waals surface area (Å²) in [5, 5.41) is 2.42. The summed E-state index contributed by atoms with van der Waals surface area (Å²) in [6.07, 6.45) is 3.01. The van der Waals surface area contributed by atoms with Gasteiger partial charge in [-0.2, -0.15) is 0 Å². The van der Waals surface area contributed by atoms with Gasteiger partial charge in [-0.25, -0.2) is 13.4 Å². The van der Waals surface area contributed by atoms with Crippen LogP contribution in [0.5, 0.6) is 0 Å². The molecule has 2 aromatic heterocycles. The molecule has 31 heavy (non-hydrogen) atoms. The quantitative estimate of drug-likeness (QED) is 0.397. The Bertz CT molecular complexity index is 1260. The van der Waals surface area contributed by atoms with E-state index in [2.05, 4.69) is 19.6 Å². The van der Waals surface area contributed by atoms with E-state index >= 15 is 0 Å². The zero-order valence-corrected chi connectivity index (χ0v) is 19.0. The van der Waals surface area contributed by atoms with Crippen molar-refractivity contribution in [3.63, 3.8) is 0 Å². The predicted octanol–water partition coefficient (Wildman–Crippen LogP) is 5.30. The molecule has 0 saturated carbocycles. The van der Waals surface area contributed by atoms with Gasteiger partial charge in [-0.1, -0.05) is 41.9 Å². The second kappa shape index (κ2) is 9.05. The van der Waals surface area contributed by atoms with E-state index in [9.17, 15) is 8.42 Å². The standard InChI is InChI=1S/C22H19ClN4O2S2/c1-27(19-10-8-18(23)9-11-19)15-16-4-6-17(7-5-16)21-22(25-13-12-24-21)26-31(28,29)20-3-2-14-30-20/h2-14H,15H2,1H3,(H,25,26). The van der Waals surface area contributed by atoms with Crippen LogP contribution in [0.4, 0.5) is 11.5 Å². The van der Waals surface area contributed by atoms with Crippen molar-refractivity contribution < 1.29 is 8.42 Å². The molecule has 0 saturated heterocycles. The number of sulfonamides is 1. The van der Waals surface area contributed by atoms with Gasteiger partial charge in [-0.3, -0.25) is 9.71 Å². The maximum Gasteiger partial charge on any atom is 0.272 e. The Morgan fingerprint density at radius 1 is 1.00 bits per heavy atom. The Morgan fingerprint density at radius 2 is 1.71 bits per heavy atom. The summed E-state index contributed by atoms with van der Waals surface area (Å²) in [5.74, 6) is 0.196. The molecule has 0 unspecified atom stereocenters. The van der Waals surface area contributed by atoms with Crippen molar-refractivity contribution in [1.29, 1.82) is 0 Å². The first-order valence-electron chi connectivity index (χ1n) is 9.36. The van der Waals surface area contributed by atoms with E-state index in [-0.39, 0.29) is 10.0 Å². The number of hydrogen-bond donors (Lipinski definition) is 1. The average Bonchev–Trinajstić information content (AvgIpc) is 3.31. The van der Waals surface area contributed by atoms with E-state index in [1.165, 1.54) is 6.20 Å². The molecule has 0 spiro atoms. The lowest BCUT2D eigenvalue weighted by atomic mass is 10.1. The number of thiophene rings is 1. The molecule has 0 bridgehead atoms. The molecule has 158 valence electrons. The summed E-state index contributed by atoms with van der Waals surface area (Å²) in [4.78, 5) is 10.7. The number of rotatable bonds is 7. The summed E-state index contributed by atoms with van der Waals surface area (Å²) in [7, 11) is -1.70. The number of halogens is 1. The normalized spacial score (nSPS) is 11.3. The topological polar surface area (TPSA) is 75.2 Å². The zero-order chi connectivity index (χ0) is 21.8. The molecule has 0 aliphatic heterocycles. The van der Waals surface area contributed by atoms with Gasteiger partial charge >= 0.3 is 0 Å². The van der Waals surface area contributed by atoms with Gasteiger partial charge in [0.05, 0.1) is 0 Å². The Morgan fingerprint density at radius 3 is 2.39 bits per heavy atom. The molecule has 0 fully saturated rings. The number of benzene rings is 2. The highest BCUT2D eigenvalue weighted by atomic mass is 35.5. The van der Waals surface area contributed by atoms with E-state index in [0.717, 1.165) is 28.2 Å². The summed E-state index contributed by atoms with van der Waals surface area (Å²) in [5.41, 5.74) is 3.41. The molecule has 6 nitrogen and oxygen atoms in total. The monoisotopic (exact) mass is 470 g/mol. The Hall–Kier alpha value is -2.94. The second-order valence-corrected chi connectivity index (χ2v) is 10.1. The summed E-state index contributed by atoms with van der Waals surface area (Å²) < 4.78 is 28.0. The lowest BCUT2D eigenvalue weighted by molar-refractivity contribution is 0.603. The molecule has 2 aromatic carbocycles. The Labute approximate surface area is 190 Å². The zero-order valence-electron chi connectivity index (χ0n) is 16.6. The lowest BCUT2D eigenvalue weighted by Gasteiger charge is -2.19. The molecular formula is C22H19ClN4O2S2. The van der Waals surface area contributed by atoms with Crippen LogP contribution in [0.1, 0.15) is 5.56 Å². The molecule has 1 N–H and O–H groups in total. The number of aromatic nitrogens is 2. The molecule has 0 aliphatic rings. The molecular weight excluding hydrogens is 452 g/mol. The van der Waals surface area contributed by atoms with Gasteiger partial charge in [-0.05, 0) is 41.3 Å². The summed E-state index contributed by atoms with van der Waals surface area (Å²) >= 11 is 7.11. The third-order valence-electron chi connectivity index (χ3n) is 4.60. The molecule has 9 heteroatoms. The van der Waals surface area contributed by atoms with E-state index < -0.39 is 10.0 Å². The molecule has 0 atom stereocenters. The Balaban J connectivity index is 1.54. The third-order valence-corrected chi connectivity index (χ3v) is 7.59. The maximum atomic E-state index is 12.6.